The van der Waals surface area contributed by atoms with Gasteiger partial charge in [0.1, 0.15) is 12.2 Å². The number of benzene rings is 1. The monoisotopic (exact) mass is 504 g/mol. The minimum Gasteiger partial charge on any atom is -0.394 e. The topological polar surface area (TPSA) is 108 Å². The maximum atomic E-state index is 13.4. The molecule has 1 heterocycles. The largest absolute Gasteiger partial charge is 0.394 e. The molecule has 36 heavy (non-hydrogen) atoms. The lowest BCUT2D eigenvalue weighted by Gasteiger charge is -2.45. The van der Waals surface area contributed by atoms with E-state index in [1.807, 2.05) is 24.3 Å². The summed E-state index contributed by atoms with van der Waals surface area (Å²) in [5.41, 5.74) is 1.86. The number of aliphatic hydroxyl groups is 3. The van der Waals surface area contributed by atoms with Gasteiger partial charge in [-0.05, 0) is 24.0 Å². The molecule has 0 bridgehead atoms. The summed E-state index contributed by atoms with van der Waals surface area (Å²) < 4.78 is 20.7. The molecule has 7 heteroatoms. The lowest BCUT2D eigenvalue weighted by atomic mass is 9.89. The second kappa shape index (κ2) is 14.8. The van der Waals surface area contributed by atoms with Crippen LogP contribution in [0.15, 0.2) is 30.3 Å². The van der Waals surface area contributed by atoms with Crippen LogP contribution in [0.3, 0.4) is 0 Å². The number of ether oxygens (including phenoxy) is 2. The fraction of sp³-hybridized carbons (Fsp3) is 0.690. The van der Waals surface area contributed by atoms with E-state index in [0.29, 0.717) is 0 Å². The average molecular weight is 505 g/mol. The predicted octanol–water partition coefficient (Wildman–Crippen LogP) is 4.08. The molecule has 3 rings (SSSR count). The van der Waals surface area contributed by atoms with E-state index in [4.69, 9.17) is 10.8 Å². The molecule has 4 N–H and O–H groups in total. The van der Waals surface area contributed by atoms with Crippen molar-refractivity contribution in [1.82, 2.24) is 5.32 Å². The first kappa shape index (κ1) is 27.3. The van der Waals surface area contributed by atoms with Crippen molar-refractivity contribution >= 4 is 12.0 Å². The van der Waals surface area contributed by atoms with Crippen LogP contribution >= 0.6 is 0 Å². The average Bonchev–Trinajstić information content (AvgIpc) is 2.89. The van der Waals surface area contributed by atoms with Crippen LogP contribution < -0.4 is 5.32 Å². The van der Waals surface area contributed by atoms with Crippen molar-refractivity contribution < 1.29 is 31.0 Å². The Labute approximate surface area is 217 Å². The van der Waals surface area contributed by atoms with Gasteiger partial charge in [0.25, 0.3) is 5.91 Å². The van der Waals surface area contributed by atoms with Gasteiger partial charge >= 0.3 is 0 Å². The quantitative estimate of drug-likeness (QED) is 0.212. The zero-order valence-electron chi connectivity index (χ0n) is 22.7. The number of carbonyl (C=O) groups is 1. The van der Waals surface area contributed by atoms with Crippen LogP contribution in [-0.4, -0.2) is 58.7 Å². The van der Waals surface area contributed by atoms with Gasteiger partial charge in [-0.25, -0.2) is 0 Å². The fourth-order valence-corrected chi connectivity index (χ4v) is 4.91. The lowest BCUT2D eigenvalue weighted by Crippen LogP contribution is -2.64. The third kappa shape index (κ3) is 8.38. The number of hydrogen-bond acceptors (Lipinski definition) is 6. The maximum Gasteiger partial charge on any atom is 0.254 e. The van der Waals surface area contributed by atoms with Gasteiger partial charge in [-0.15, -0.1) is 0 Å². The van der Waals surface area contributed by atoms with Crippen molar-refractivity contribution in [2.45, 2.75) is 108 Å². The van der Waals surface area contributed by atoms with Gasteiger partial charge in [-0.1, -0.05) is 101 Å². The van der Waals surface area contributed by atoms with Gasteiger partial charge < -0.3 is 30.1 Å². The number of hydrogen-bond donors (Lipinski definition) is 4. The third-order valence-electron chi connectivity index (χ3n) is 7.10. The fourth-order valence-electron chi connectivity index (χ4n) is 4.91. The third-order valence-corrected chi connectivity index (χ3v) is 7.10. The molecular weight excluding hydrogens is 458 g/mol. The van der Waals surface area contributed by atoms with Crippen LogP contribution in [0.2, 0.25) is 0 Å². The summed E-state index contributed by atoms with van der Waals surface area (Å²) in [7, 11) is 0. The molecule has 0 aromatic heterocycles. The van der Waals surface area contributed by atoms with E-state index in [-0.39, 0.29) is 19.4 Å². The molecule has 2 aliphatic rings. The molecule has 7 nitrogen and oxygen atoms in total. The van der Waals surface area contributed by atoms with Crippen LogP contribution in [-0.2, 0) is 20.7 Å². The van der Waals surface area contributed by atoms with Gasteiger partial charge in [0.05, 0.1) is 31.6 Å². The normalized spacial score (nSPS) is 30.0. The van der Waals surface area contributed by atoms with Crippen LogP contribution in [0.25, 0.3) is 6.08 Å². The SMILES string of the molecule is [2H]C1(C(=O)NC2(OCCCCCCCCCCCC)C[C@@H](O)[C@H](O)[C@@H](CO)O2)C=Cc2ccccc2C1. The van der Waals surface area contributed by atoms with E-state index in [9.17, 15) is 20.1 Å². The highest BCUT2D eigenvalue weighted by molar-refractivity contribution is 5.83. The first-order valence-electron chi connectivity index (χ1n) is 14.2. The maximum absolute atomic E-state index is 13.4. The van der Waals surface area contributed by atoms with Crippen LogP contribution in [0, 0.1) is 5.89 Å². The van der Waals surface area contributed by atoms with E-state index in [1.165, 1.54) is 44.9 Å². The summed E-state index contributed by atoms with van der Waals surface area (Å²) in [6.45, 7) is 1.96. The van der Waals surface area contributed by atoms with Crippen LogP contribution in [0.5, 0.6) is 0 Å². The van der Waals surface area contributed by atoms with E-state index in [1.54, 1.807) is 12.2 Å². The van der Waals surface area contributed by atoms with Gasteiger partial charge in [-0.3, -0.25) is 4.79 Å². The zero-order valence-corrected chi connectivity index (χ0v) is 21.7. The Morgan fingerprint density at radius 3 is 2.47 bits per heavy atom. The number of rotatable bonds is 15. The van der Waals surface area contributed by atoms with Crippen LogP contribution in [0.1, 0.15) is 90.1 Å². The van der Waals surface area contributed by atoms with Crippen molar-refractivity contribution in [2.24, 2.45) is 5.89 Å². The predicted molar refractivity (Wildman–Crippen MR) is 140 cm³/mol. The molecule has 1 aliphatic heterocycles. The summed E-state index contributed by atoms with van der Waals surface area (Å²) >= 11 is 0. The van der Waals surface area contributed by atoms with E-state index in [2.05, 4.69) is 12.2 Å². The molecule has 5 atom stereocenters. The van der Waals surface area contributed by atoms with Gasteiger partial charge in [0.2, 0.25) is 5.91 Å². The number of nitrogens with one attached hydrogen (secondary N) is 1. The van der Waals surface area contributed by atoms with Crippen LogP contribution in [0.4, 0.5) is 0 Å². The van der Waals surface area contributed by atoms with E-state index in [0.717, 1.165) is 30.4 Å². The molecule has 1 aromatic carbocycles. The zero-order chi connectivity index (χ0) is 26.7. The number of amides is 1. The lowest BCUT2D eigenvalue weighted by molar-refractivity contribution is -0.333. The Bertz CT molecular complexity index is 882. The Morgan fingerprint density at radius 1 is 1.11 bits per heavy atom. The molecule has 1 fully saturated rings. The molecule has 1 aromatic rings. The van der Waals surface area contributed by atoms with Gasteiger partial charge in [-0.2, -0.15) is 0 Å². The molecule has 1 aliphatic carbocycles. The summed E-state index contributed by atoms with van der Waals surface area (Å²) in [4.78, 5) is 13.4. The second-order valence-corrected chi connectivity index (χ2v) is 10.1. The Hall–Kier alpha value is -1.77. The van der Waals surface area contributed by atoms with Crippen molar-refractivity contribution in [1.29, 1.82) is 0 Å². The first-order valence-corrected chi connectivity index (χ1v) is 13.7. The minimum atomic E-state index is -1.73. The molecule has 202 valence electrons. The summed E-state index contributed by atoms with van der Waals surface area (Å²) in [6.07, 6.45) is 11.3. The van der Waals surface area contributed by atoms with Crippen molar-refractivity contribution in [2.75, 3.05) is 13.2 Å². The molecular formula is C29H45NO6. The number of aliphatic hydroxyl groups excluding tert-OH is 3. The smallest absolute Gasteiger partial charge is 0.254 e. The molecule has 2 unspecified atom stereocenters. The summed E-state index contributed by atoms with van der Waals surface area (Å²) in [5.74, 6) is -3.94. The van der Waals surface area contributed by atoms with Gasteiger partial charge in [0.15, 0.2) is 0 Å². The summed E-state index contributed by atoms with van der Waals surface area (Å²) in [5, 5.41) is 33.1. The Kier molecular flexibility index (Phi) is 11.2. The Balaban J connectivity index is 1.56. The molecule has 1 saturated heterocycles. The molecule has 0 radical (unpaired) electrons. The molecule has 0 spiro atoms. The van der Waals surface area contributed by atoms with E-state index >= 15 is 0 Å². The molecule has 1 amide bonds. The first-order chi connectivity index (χ1) is 17.8. The van der Waals surface area contributed by atoms with E-state index < -0.39 is 42.6 Å². The van der Waals surface area contributed by atoms with Crippen molar-refractivity contribution in [3.05, 3.63) is 41.5 Å². The highest BCUT2D eigenvalue weighted by Crippen LogP contribution is 2.31. The second-order valence-electron chi connectivity index (χ2n) is 10.1. The van der Waals surface area contributed by atoms with Crippen molar-refractivity contribution in [3.63, 3.8) is 0 Å². The van der Waals surface area contributed by atoms with Gasteiger partial charge in [0, 0.05) is 1.37 Å². The number of fused-ring (bicyclic) bond motifs is 1. The number of carbonyl (C=O) groups excluding carboxylic acids is 1. The molecule has 0 saturated carbocycles. The van der Waals surface area contributed by atoms with Crippen molar-refractivity contribution in [3.8, 4) is 0 Å². The highest BCUT2D eigenvalue weighted by atomic mass is 16.7. The Morgan fingerprint density at radius 2 is 1.78 bits per heavy atom. The number of unbranched alkanes of at least 4 members (excludes halogenated alkanes) is 9. The highest BCUT2D eigenvalue weighted by Gasteiger charge is 2.48. The summed E-state index contributed by atoms with van der Waals surface area (Å²) in [6, 6.07) is 7.62. The minimum absolute atomic E-state index is 0.189. The standard InChI is InChI=1S/C29H45NO6/c1-2-3-4-5-6-7-8-9-10-13-18-35-29(20-25(32)27(33)26(21-31)36-29)30-28(34)24-17-16-22-14-11-12-15-23(22)19-24/h11-12,14-17,24-27,31-33H,2-10,13,18-21H2,1H3,(H,30,34)/t24?,25-,26-,27+,29?/m1/s1/i24D.